The van der Waals surface area contributed by atoms with Crippen molar-refractivity contribution in [2.24, 2.45) is 5.92 Å². The molecule has 1 N–H and O–H groups in total. The minimum absolute atomic E-state index is 0.122. The molecule has 0 spiro atoms. The van der Waals surface area contributed by atoms with E-state index in [0.717, 1.165) is 25.7 Å². The van der Waals surface area contributed by atoms with E-state index in [1.165, 1.54) is 0 Å². The van der Waals surface area contributed by atoms with Crippen molar-refractivity contribution in [1.29, 1.82) is 5.26 Å². The second-order valence-electron chi connectivity index (χ2n) is 4.58. The van der Waals surface area contributed by atoms with Crippen molar-refractivity contribution >= 4 is 5.91 Å². The fourth-order valence-electron chi connectivity index (χ4n) is 2.00. The maximum Gasteiger partial charge on any atom is 0.250 e. The summed E-state index contributed by atoms with van der Waals surface area (Å²) in [5.74, 6) is 0.205. The normalized spacial score (nSPS) is 29.2. The van der Waals surface area contributed by atoms with Crippen molar-refractivity contribution in [1.82, 2.24) is 5.32 Å². The molecule has 15 heavy (non-hydrogen) atoms. The van der Waals surface area contributed by atoms with Crippen LogP contribution in [0.3, 0.4) is 0 Å². The molecule has 1 aliphatic heterocycles. The molecular formula is C11H16N2O2. The zero-order chi connectivity index (χ0) is 10.9. The molecule has 1 saturated heterocycles. The molecule has 2 rings (SSSR count). The van der Waals surface area contributed by atoms with Gasteiger partial charge in [-0.05, 0) is 38.5 Å². The maximum atomic E-state index is 11.8. The summed E-state index contributed by atoms with van der Waals surface area (Å²) in [6.07, 6.45) is 3.45. The Labute approximate surface area is 89.6 Å². The Bertz CT molecular complexity index is 300. The standard InChI is InChI=1S/C11H16N2O2/c1-11(7-12,8-4-5-8)13-10(14)9-3-2-6-15-9/h8-9H,2-6H2,1H3,(H,13,14). The smallest absolute Gasteiger partial charge is 0.250 e. The first-order valence-electron chi connectivity index (χ1n) is 5.50. The van der Waals surface area contributed by atoms with Gasteiger partial charge in [-0.15, -0.1) is 0 Å². The number of nitrogens with zero attached hydrogens (tertiary/aromatic N) is 1. The molecule has 2 fully saturated rings. The predicted octanol–water partition coefficient (Wildman–Crippen LogP) is 0.974. The van der Waals surface area contributed by atoms with Crippen LogP contribution < -0.4 is 5.32 Å². The Hall–Kier alpha value is -1.08. The largest absolute Gasteiger partial charge is 0.368 e. The molecule has 1 aliphatic carbocycles. The van der Waals surface area contributed by atoms with Crippen molar-refractivity contribution in [2.75, 3.05) is 6.61 Å². The molecule has 82 valence electrons. The summed E-state index contributed by atoms with van der Waals surface area (Å²) >= 11 is 0. The lowest BCUT2D eigenvalue weighted by atomic mass is 9.97. The van der Waals surface area contributed by atoms with Gasteiger partial charge < -0.3 is 10.1 Å². The molecule has 0 radical (unpaired) electrons. The van der Waals surface area contributed by atoms with Crippen LogP contribution in [0.4, 0.5) is 0 Å². The van der Waals surface area contributed by atoms with Gasteiger partial charge in [0.05, 0.1) is 6.07 Å². The monoisotopic (exact) mass is 208 g/mol. The van der Waals surface area contributed by atoms with E-state index in [9.17, 15) is 4.79 Å². The van der Waals surface area contributed by atoms with E-state index in [0.29, 0.717) is 12.5 Å². The van der Waals surface area contributed by atoms with Gasteiger partial charge in [0.2, 0.25) is 5.91 Å². The van der Waals surface area contributed by atoms with Crippen molar-refractivity contribution in [3.8, 4) is 6.07 Å². The van der Waals surface area contributed by atoms with Crippen LogP contribution in [0.25, 0.3) is 0 Å². The first-order valence-corrected chi connectivity index (χ1v) is 5.50. The summed E-state index contributed by atoms with van der Waals surface area (Å²) in [7, 11) is 0. The third kappa shape index (κ3) is 2.13. The average Bonchev–Trinajstić information content (AvgIpc) is 2.94. The van der Waals surface area contributed by atoms with Crippen LogP contribution in [0.1, 0.15) is 32.6 Å². The Balaban J connectivity index is 1.94. The first kappa shape index (κ1) is 10.4. The topological polar surface area (TPSA) is 62.1 Å². The van der Waals surface area contributed by atoms with Crippen LogP contribution >= 0.6 is 0 Å². The molecule has 0 aromatic rings. The highest BCUT2D eigenvalue weighted by atomic mass is 16.5. The van der Waals surface area contributed by atoms with Gasteiger partial charge in [-0.1, -0.05) is 0 Å². The van der Waals surface area contributed by atoms with Crippen molar-refractivity contribution < 1.29 is 9.53 Å². The quantitative estimate of drug-likeness (QED) is 0.751. The van der Waals surface area contributed by atoms with E-state index in [1.54, 1.807) is 6.92 Å². The van der Waals surface area contributed by atoms with Gasteiger partial charge in [0, 0.05) is 6.61 Å². The highest BCUT2D eigenvalue weighted by Crippen LogP contribution is 2.39. The van der Waals surface area contributed by atoms with Gasteiger partial charge in [0.1, 0.15) is 11.6 Å². The van der Waals surface area contributed by atoms with E-state index in [1.807, 2.05) is 0 Å². The third-order valence-electron chi connectivity index (χ3n) is 3.23. The maximum absolute atomic E-state index is 11.8. The lowest BCUT2D eigenvalue weighted by molar-refractivity contribution is -0.131. The number of rotatable bonds is 3. The van der Waals surface area contributed by atoms with Crippen molar-refractivity contribution in [2.45, 2.75) is 44.2 Å². The molecule has 4 heteroatoms. The van der Waals surface area contributed by atoms with Gasteiger partial charge >= 0.3 is 0 Å². The predicted molar refractivity (Wildman–Crippen MR) is 53.9 cm³/mol. The fourth-order valence-corrected chi connectivity index (χ4v) is 2.00. The number of ether oxygens (including phenoxy) is 1. The Morgan fingerprint density at radius 2 is 2.27 bits per heavy atom. The number of amides is 1. The lowest BCUT2D eigenvalue weighted by Gasteiger charge is -2.24. The van der Waals surface area contributed by atoms with E-state index < -0.39 is 5.54 Å². The molecule has 2 atom stereocenters. The Morgan fingerprint density at radius 1 is 1.53 bits per heavy atom. The van der Waals surface area contributed by atoms with Gasteiger partial charge in [0.25, 0.3) is 0 Å². The number of carbonyl (C=O) groups is 1. The zero-order valence-corrected chi connectivity index (χ0v) is 8.95. The van der Waals surface area contributed by atoms with E-state index in [-0.39, 0.29) is 12.0 Å². The molecule has 1 amide bonds. The number of carbonyl (C=O) groups excluding carboxylic acids is 1. The number of hydrogen-bond acceptors (Lipinski definition) is 3. The van der Waals surface area contributed by atoms with E-state index in [4.69, 9.17) is 10.00 Å². The van der Waals surface area contributed by atoms with Crippen LogP contribution in [-0.2, 0) is 9.53 Å². The van der Waals surface area contributed by atoms with Crippen LogP contribution in [0.15, 0.2) is 0 Å². The molecule has 0 bridgehead atoms. The summed E-state index contributed by atoms with van der Waals surface area (Å²) in [5.41, 5.74) is -0.691. The number of nitriles is 1. The highest BCUT2D eigenvalue weighted by molar-refractivity contribution is 5.82. The highest BCUT2D eigenvalue weighted by Gasteiger charge is 2.44. The van der Waals surface area contributed by atoms with Gasteiger partial charge in [-0.3, -0.25) is 4.79 Å². The first-order chi connectivity index (χ1) is 7.15. The molecule has 1 saturated carbocycles. The number of hydrogen-bond donors (Lipinski definition) is 1. The summed E-state index contributed by atoms with van der Waals surface area (Å²) in [4.78, 5) is 11.8. The molecule has 0 aromatic carbocycles. The molecule has 2 aliphatic rings. The summed E-state index contributed by atoms with van der Waals surface area (Å²) in [6, 6.07) is 2.21. The van der Waals surface area contributed by atoms with E-state index in [2.05, 4.69) is 11.4 Å². The van der Waals surface area contributed by atoms with Crippen LogP contribution in [0.2, 0.25) is 0 Å². The zero-order valence-electron chi connectivity index (χ0n) is 8.95. The molecular weight excluding hydrogens is 192 g/mol. The minimum atomic E-state index is -0.691. The lowest BCUT2D eigenvalue weighted by Crippen LogP contribution is -2.50. The molecule has 4 nitrogen and oxygen atoms in total. The van der Waals surface area contributed by atoms with Gasteiger partial charge in [-0.2, -0.15) is 5.26 Å². The fraction of sp³-hybridized carbons (Fsp3) is 0.818. The van der Waals surface area contributed by atoms with Gasteiger partial charge in [-0.25, -0.2) is 0 Å². The minimum Gasteiger partial charge on any atom is -0.368 e. The molecule has 0 aromatic heterocycles. The van der Waals surface area contributed by atoms with Gasteiger partial charge in [0.15, 0.2) is 0 Å². The van der Waals surface area contributed by atoms with Crippen molar-refractivity contribution in [3.63, 3.8) is 0 Å². The second-order valence-corrected chi connectivity index (χ2v) is 4.58. The third-order valence-corrected chi connectivity index (χ3v) is 3.23. The SMILES string of the molecule is CC(C#N)(NC(=O)C1CCCO1)C1CC1. The molecule has 1 heterocycles. The van der Waals surface area contributed by atoms with Crippen molar-refractivity contribution in [3.05, 3.63) is 0 Å². The Morgan fingerprint density at radius 3 is 2.73 bits per heavy atom. The summed E-state index contributed by atoms with van der Waals surface area (Å²) in [6.45, 7) is 2.46. The van der Waals surface area contributed by atoms with E-state index >= 15 is 0 Å². The molecule has 2 unspecified atom stereocenters. The van der Waals surface area contributed by atoms with Crippen LogP contribution in [0, 0.1) is 17.2 Å². The van der Waals surface area contributed by atoms with Crippen LogP contribution in [0.5, 0.6) is 0 Å². The number of nitrogens with one attached hydrogen (secondary N) is 1. The second kappa shape index (κ2) is 3.82. The van der Waals surface area contributed by atoms with Crippen LogP contribution in [-0.4, -0.2) is 24.2 Å². The average molecular weight is 208 g/mol. The summed E-state index contributed by atoms with van der Waals surface area (Å²) in [5, 5.41) is 11.9. The summed E-state index contributed by atoms with van der Waals surface area (Å²) < 4.78 is 5.28. The Kier molecular flexibility index (Phi) is 2.66.